The van der Waals surface area contributed by atoms with E-state index in [1.807, 2.05) is 25.1 Å². The van der Waals surface area contributed by atoms with Gasteiger partial charge in [-0.15, -0.1) is 24.0 Å². The van der Waals surface area contributed by atoms with Crippen molar-refractivity contribution in [3.8, 4) is 5.75 Å². The Bertz CT molecular complexity index is 704. The SMILES string of the molecule is CCNC(=NCCS(=O)(=O)CC)N1CCN(c2cccc(OC)c2)CC1.I. The van der Waals surface area contributed by atoms with Crippen LogP contribution >= 0.6 is 24.0 Å². The number of ether oxygens (including phenoxy) is 1. The second-order valence-corrected chi connectivity index (χ2v) is 8.62. The summed E-state index contributed by atoms with van der Waals surface area (Å²) in [4.78, 5) is 9.03. The Morgan fingerprint density at radius 2 is 1.93 bits per heavy atom. The van der Waals surface area contributed by atoms with Gasteiger partial charge in [-0.05, 0) is 19.1 Å². The number of nitrogens with one attached hydrogen (secondary N) is 1. The van der Waals surface area contributed by atoms with Crippen LogP contribution in [-0.4, -0.2) is 77.2 Å². The molecule has 0 spiro atoms. The predicted molar refractivity (Wildman–Crippen MR) is 123 cm³/mol. The number of halogens is 1. The molecule has 1 aromatic carbocycles. The van der Waals surface area contributed by atoms with Gasteiger partial charge in [-0.2, -0.15) is 0 Å². The number of hydrogen-bond donors (Lipinski definition) is 1. The molecule has 0 saturated carbocycles. The number of anilines is 1. The van der Waals surface area contributed by atoms with E-state index in [4.69, 9.17) is 4.74 Å². The summed E-state index contributed by atoms with van der Waals surface area (Å²) in [5.74, 6) is 1.92. The van der Waals surface area contributed by atoms with Crippen molar-refractivity contribution in [2.24, 2.45) is 4.99 Å². The van der Waals surface area contributed by atoms with E-state index in [1.165, 1.54) is 0 Å². The zero-order chi connectivity index (χ0) is 19.0. The van der Waals surface area contributed by atoms with E-state index in [9.17, 15) is 8.42 Å². The molecule has 0 bridgehead atoms. The first-order valence-corrected chi connectivity index (χ1v) is 10.9. The van der Waals surface area contributed by atoms with Crippen LogP contribution in [0.1, 0.15) is 13.8 Å². The van der Waals surface area contributed by atoms with E-state index >= 15 is 0 Å². The Morgan fingerprint density at radius 3 is 2.52 bits per heavy atom. The van der Waals surface area contributed by atoms with Crippen LogP contribution in [0.3, 0.4) is 0 Å². The summed E-state index contributed by atoms with van der Waals surface area (Å²) >= 11 is 0. The van der Waals surface area contributed by atoms with E-state index in [0.717, 1.165) is 50.1 Å². The summed E-state index contributed by atoms with van der Waals surface area (Å²) in [5.41, 5.74) is 1.15. The van der Waals surface area contributed by atoms with Crippen molar-refractivity contribution in [1.82, 2.24) is 10.2 Å². The van der Waals surface area contributed by atoms with Crippen molar-refractivity contribution in [2.75, 3.05) is 62.8 Å². The first-order chi connectivity index (χ1) is 12.5. The molecule has 1 fully saturated rings. The van der Waals surface area contributed by atoms with Gasteiger partial charge < -0.3 is 19.9 Å². The van der Waals surface area contributed by atoms with Crippen LogP contribution in [0.5, 0.6) is 5.75 Å². The van der Waals surface area contributed by atoms with E-state index in [2.05, 4.69) is 26.2 Å². The Labute approximate surface area is 180 Å². The number of sulfone groups is 1. The van der Waals surface area contributed by atoms with Gasteiger partial charge in [-0.25, -0.2) is 8.42 Å². The molecular formula is C18H31IN4O3S. The lowest BCUT2D eigenvalue weighted by Gasteiger charge is -2.37. The molecule has 1 aromatic rings. The fraction of sp³-hybridized carbons (Fsp3) is 0.611. The third-order valence-corrected chi connectivity index (χ3v) is 6.12. The Morgan fingerprint density at radius 1 is 1.22 bits per heavy atom. The second kappa shape index (κ2) is 11.6. The average molecular weight is 510 g/mol. The largest absolute Gasteiger partial charge is 0.497 e. The maximum Gasteiger partial charge on any atom is 0.194 e. The molecule has 154 valence electrons. The Balaban J connectivity index is 0.00000364. The lowest BCUT2D eigenvalue weighted by Crippen LogP contribution is -2.52. The Hall–Kier alpha value is -1.23. The highest BCUT2D eigenvalue weighted by Gasteiger charge is 2.20. The highest BCUT2D eigenvalue weighted by molar-refractivity contribution is 14.0. The molecule has 1 aliphatic rings. The molecule has 0 unspecified atom stereocenters. The fourth-order valence-corrected chi connectivity index (χ4v) is 3.50. The maximum atomic E-state index is 11.6. The van der Waals surface area contributed by atoms with Crippen LogP contribution in [-0.2, 0) is 9.84 Å². The van der Waals surface area contributed by atoms with Crippen molar-refractivity contribution in [3.63, 3.8) is 0 Å². The molecule has 9 heteroatoms. The Kier molecular flexibility index (Phi) is 10.2. The lowest BCUT2D eigenvalue weighted by molar-refractivity contribution is 0.372. The molecule has 1 saturated heterocycles. The summed E-state index contributed by atoms with van der Waals surface area (Å²) in [6.07, 6.45) is 0. The average Bonchev–Trinajstić information content (AvgIpc) is 2.67. The second-order valence-electron chi connectivity index (χ2n) is 6.15. The molecule has 2 rings (SSSR count). The normalized spacial score (nSPS) is 15.3. The smallest absolute Gasteiger partial charge is 0.194 e. The van der Waals surface area contributed by atoms with Gasteiger partial charge >= 0.3 is 0 Å². The fourth-order valence-electron chi connectivity index (χ4n) is 2.84. The number of hydrogen-bond acceptors (Lipinski definition) is 5. The minimum absolute atomic E-state index is 0. The van der Waals surface area contributed by atoms with Gasteiger partial charge in [0.1, 0.15) is 5.75 Å². The van der Waals surface area contributed by atoms with Gasteiger partial charge in [-0.3, -0.25) is 4.99 Å². The molecular weight excluding hydrogens is 479 g/mol. The first-order valence-electron chi connectivity index (χ1n) is 9.11. The van der Waals surface area contributed by atoms with Gasteiger partial charge in [-0.1, -0.05) is 13.0 Å². The first kappa shape index (κ1) is 23.8. The van der Waals surface area contributed by atoms with E-state index < -0.39 is 9.84 Å². The van der Waals surface area contributed by atoms with Crippen molar-refractivity contribution < 1.29 is 13.2 Å². The van der Waals surface area contributed by atoms with Crippen molar-refractivity contribution in [2.45, 2.75) is 13.8 Å². The quantitative estimate of drug-likeness (QED) is 0.343. The zero-order valence-electron chi connectivity index (χ0n) is 16.3. The standard InChI is InChI=1S/C18H30N4O3S.HI/c1-4-19-18(20-9-14-26(23,24)5-2)22-12-10-21(11-13-22)16-7-6-8-17(15-16)25-3;/h6-8,15H,4-5,9-14H2,1-3H3,(H,19,20);1H. The molecule has 1 heterocycles. The predicted octanol–water partition coefficient (Wildman–Crippen LogP) is 1.84. The summed E-state index contributed by atoms with van der Waals surface area (Å²) in [6.45, 7) is 8.18. The number of benzene rings is 1. The van der Waals surface area contributed by atoms with Gasteiger partial charge in [0.15, 0.2) is 15.8 Å². The van der Waals surface area contributed by atoms with E-state index in [-0.39, 0.29) is 35.5 Å². The topological polar surface area (TPSA) is 74.2 Å². The van der Waals surface area contributed by atoms with Gasteiger partial charge in [0, 0.05) is 50.2 Å². The number of methoxy groups -OCH3 is 1. The monoisotopic (exact) mass is 510 g/mol. The molecule has 1 aliphatic heterocycles. The van der Waals surface area contributed by atoms with Crippen LogP contribution in [0.15, 0.2) is 29.3 Å². The highest BCUT2D eigenvalue weighted by atomic mass is 127. The van der Waals surface area contributed by atoms with Gasteiger partial charge in [0.05, 0.1) is 19.4 Å². The number of aliphatic imine (C=N–C) groups is 1. The van der Waals surface area contributed by atoms with Gasteiger partial charge in [0.25, 0.3) is 0 Å². The summed E-state index contributed by atoms with van der Waals surface area (Å²) < 4.78 is 28.6. The minimum Gasteiger partial charge on any atom is -0.497 e. The minimum atomic E-state index is -2.99. The zero-order valence-corrected chi connectivity index (χ0v) is 19.5. The van der Waals surface area contributed by atoms with Gasteiger partial charge in [0.2, 0.25) is 0 Å². The lowest BCUT2D eigenvalue weighted by atomic mass is 10.2. The van der Waals surface area contributed by atoms with Crippen LogP contribution < -0.4 is 15.0 Å². The molecule has 1 N–H and O–H groups in total. The summed E-state index contributed by atoms with van der Waals surface area (Å²) in [6, 6.07) is 8.08. The molecule has 0 atom stereocenters. The van der Waals surface area contributed by atoms with Crippen molar-refractivity contribution >= 4 is 45.5 Å². The summed E-state index contributed by atoms with van der Waals surface area (Å²) in [5, 5.41) is 3.27. The van der Waals surface area contributed by atoms with Crippen LogP contribution in [0.2, 0.25) is 0 Å². The van der Waals surface area contributed by atoms with Crippen molar-refractivity contribution in [3.05, 3.63) is 24.3 Å². The number of rotatable bonds is 7. The molecule has 27 heavy (non-hydrogen) atoms. The number of piperazine rings is 1. The molecule has 0 aromatic heterocycles. The molecule has 0 aliphatic carbocycles. The van der Waals surface area contributed by atoms with E-state index in [0.29, 0.717) is 6.54 Å². The molecule has 0 radical (unpaired) electrons. The third-order valence-electron chi connectivity index (χ3n) is 4.44. The maximum absolute atomic E-state index is 11.6. The van der Waals surface area contributed by atoms with E-state index in [1.54, 1.807) is 14.0 Å². The molecule has 7 nitrogen and oxygen atoms in total. The van der Waals surface area contributed by atoms with Crippen molar-refractivity contribution in [1.29, 1.82) is 0 Å². The van der Waals surface area contributed by atoms with Crippen LogP contribution in [0.4, 0.5) is 5.69 Å². The highest BCUT2D eigenvalue weighted by Crippen LogP contribution is 2.22. The number of nitrogens with zero attached hydrogens (tertiary/aromatic N) is 3. The van der Waals surface area contributed by atoms with Crippen LogP contribution in [0, 0.1) is 0 Å². The van der Waals surface area contributed by atoms with Crippen LogP contribution in [0.25, 0.3) is 0 Å². The summed E-state index contributed by atoms with van der Waals surface area (Å²) in [7, 11) is -1.31. The molecule has 0 amide bonds. The number of guanidine groups is 1. The third kappa shape index (κ3) is 7.36.